The fraction of sp³-hybridized carbons (Fsp3) is 0.667. The SMILES string of the molecule is CC1=CCC(C(C)(C)C)C=C1S(C)(=O)=O. The minimum absolute atomic E-state index is 0.118. The van der Waals surface area contributed by atoms with Gasteiger partial charge in [0, 0.05) is 6.26 Å². The second kappa shape index (κ2) is 3.78. The van der Waals surface area contributed by atoms with E-state index in [4.69, 9.17) is 0 Å². The Balaban J connectivity index is 3.14. The molecule has 0 bridgehead atoms. The molecule has 1 aliphatic rings. The summed E-state index contributed by atoms with van der Waals surface area (Å²) >= 11 is 0. The number of hydrogen-bond acceptors (Lipinski definition) is 2. The predicted octanol–water partition coefficient (Wildman–Crippen LogP) is 2.93. The molecule has 0 fully saturated rings. The van der Waals surface area contributed by atoms with E-state index < -0.39 is 9.84 Å². The molecule has 0 spiro atoms. The van der Waals surface area contributed by atoms with E-state index >= 15 is 0 Å². The molecule has 0 aromatic heterocycles. The van der Waals surface area contributed by atoms with Crippen LogP contribution in [0, 0.1) is 11.3 Å². The highest BCUT2D eigenvalue weighted by atomic mass is 32.2. The number of allylic oxidation sites excluding steroid dienone is 3. The summed E-state index contributed by atoms with van der Waals surface area (Å²) in [5, 5.41) is 0. The molecule has 1 unspecified atom stereocenters. The summed E-state index contributed by atoms with van der Waals surface area (Å²) < 4.78 is 23.1. The van der Waals surface area contributed by atoms with Crippen molar-refractivity contribution < 1.29 is 8.42 Å². The fourth-order valence-electron chi connectivity index (χ4n) is 1.81. The number of sulfone groups is 1. The maximum Gasteiger partial charge on any atom is 0.175 e. The number of rotatable bonds is 1. The average Bonchev–Trinajstić information content (AvgIpc) is 2.00. The molecular weight excluding hydrogens is 208 g/mol. The van der Waals surface area contributed by atoms with Crippen LogP contribution in [0.4, 0.5) is 0 Å². The fourth-order valence-corrected chi connectivity index (χ4v) is 2.89. The van der Waals surface area contributed by atoms with E-state index in [2.05, 4.69) is 20.8 Å². The first-order valence-corrected chi connectivity index (χ1v) is 7.10. The van der Waals surface area contributed by atoms with Crippen LogP contribution in [0.25, 0.3) is 0 Å². The maximum atomic E-state index is 11.6. The van der Waals surface area contributed by atoms with E-state index in [1.54, 1.807) is 0 Å². The van der Waals surface area contributed by atoms with Crippen LogP contribution < -0.4 is 0 Å². The topological polar surface area (TPSA) is 34.1 Å². The lowest BCUT2D eigenvalue weighted by atomic mass is 9.76. The average molecular weight is 228 g/mol. The van der Waals surface area contributed by atoms with Crippen LogP contribution in [0.3, 0.4) is 0 Å². The standard InChI is InChI=1S/C12H20O2S/c1-9-6-7-10(12(2,3)4)8-11(9)15(5,13)14/h6,8,10H,7H2,1-5H3. The minimum atomic E-state index is -3.08. The van der Waals surface area contributed by atoms with Gasteiger partial charge in [-0.25, -0.2) is 8.42 Å². The van der Waals surface area contributed by atoms with Crippen molar-refractivity contribution >= 4 is 9.84 Å². The van der Waals surface area contributed by atoms with Crippen LogP contribution in [-0.4, -0.2) is 14.7 Å². The van der Waals surface area contributed by atoms with Crippen molar-refractivity contribution in [2.75, 3.05) is 6.26 Å². The second-order valence-corrected chi connectivity index (χ2v) is 7.38. The zero-order valence-electron chi connectivity index (χ0n) is 10.2. The molecule has 0 aromatic carbocycles. The molecular formula is C12H20O2S. The molecule has 0 saturated carbocycles. The third-order valence-electron chi connectivity index (χ3n) is 2.93. The first-order valence-electron chi connectivity index (χ1n) is 5.21. The maximum absolute atomic E-state index is 11.6. The van der Waals surface area contributed by atoms with Crippen molar-refractivity contribution in [2.24, 2.45) is 11.3 Å². The molecule has 3 heteroatoms. The quantitative estimate of drug-likeness (QED) is 0.691. The summed E-state index contributed by atoms with van der Waals surface area (Å²) in [6.45, 7) is 8.29. The Hall–Kier alpha value is -0.570. The van der Waals surface area contributed by atoms with E-state index in [1.165, 1.54) is 6.26 Å². The van der Waals surface area contributed by atoms with Crippen molar-refractivity contribution in [1.82, 2.24) is 0 Å². The molecule has 2 nitrogen and oxygen atoms in total. The molecule has 1 rings (SSSR count). The van der Waals surface area contributed by atoms with Crippen molar-refractivity contribution in [1.29, 1.82) is 0 Å². The highest BCUT2D eigenvalue weighted by Crippen LogP contribution is 2.36. The zero-order valence-corrected chi connectivity index (χ0v) is 11.0. The highest BCUT2D eigenvalue weighted by Gasteiger charge is 2.27. The molecule has 0 aliphatic heterocycles. The highest BCUT2D eigenvalue weighted by molar-refractivity contribution is 7.94. The summed E-state index contributed by atoms with van der Waals surface area (Å²) in [5.74, 6) is 0.311. The molecule has 0 radical (unpaired) electrons. The normalized spacial score (nSPS) is 23.4. The van der Waals surface area contributed by atoms with Crippen LogP contribution in [0.5, 0.6) is 0 Å². The van der Waals surface area contributed by atoms with Gasteiger partial charge in [0.1, 0.15) is 0 Å². The van der Waals surface area contributed by atoms with E-state index in [9.17, 15) is 8.42 Å². The molecule has 0 amide bonds. The third kappa shape index (κ3) is 2.94. The van der Waals surface area contributed by atoms with Crippen molar-refractivity contribution in [3.05, 3.63) is 22.6 Å². The Kier molecular flexibility index (Phi) is 3.15. The van der Waals surface area contributed by atoms with Crippen molar-refractivity contribution in [3.63, 3.8) is 0 Å². The van der Waals surface area contributed by atoms with Crippen LogP contribution in [0.15, 0.2) is 22.6 Å². The minimum Gasteiger partial charge on any atom is -0.224 e. The first-order chi connectivity index (χ1) is 6.62. The molecule has 0 aromatic rings. The predicted molar refractivity (Wildman–Crippen MR) is 64.2 cm³/mol. The van der Waals surface area contributed by atoms with Gasteiger partial charge in [0.2, 0.25) is 0 Å². The van der Waals surface area contributed by atoms with Crippen LogP contribution in [0.1, 0.15) is 34.1 Å². The molecule has 0 heterocycles. The Labute approximate surface area is 93.0 Å². The van der Waals surface area contributed by atoms with Crippen LogP contribution >= 0.6 is 0 Å². The molecule has 1 aliphatic carbocycles. The Morgan fingerprint density at radius 3 is 2.27 bits per heavy atom. The Morgan fingerprint density at radius 2 is 1.87 bits per heavy atom. The second-order valence-electron chi connectivity index (χ2n) is 5.40. The zero-order chi connectivity index (χ0) is 11.9. The summed E-state index contributed by atoms with van der Waals surface area (Å²) in [5.41, 5.74) is 1.01. The monoisotopic (exact) mass is 228 g/mol. The summed E-state index contributed by atoms with van der Waals surface area (Å²) in [7, 11) is -3.08. The summed E-state index contributed by atoms with van der Waals surface area (Å²) in [6, 6.07) is 0. The summed E-state index contributed by atoms with van der Waals surface area (Å²) in [6.07, 6.45) is 6.17. The molecule has 15 heavy (non-hydrogen) atoms. The van der Waals surface area contributed by atoms with E-state index in [0.717, 1.165) is 12.0 Å². The Morgan fingerprint density at radius 1 is 1.33 bits per heavy atom. The van der Waals surface area contributed by atoms with Crippen molar-refractivity contribution in [2.45, 2.75) is 34.1 Å². The third-order valence-corrected chi connectivity index (χ3v) is 4.19. The van der Waals surface area contributed by atoms with Gasteiger partial charge in [-0.05, 0) is 30.3 Å². The smallest absolute Gasteiger partial charge is 0.175 e. The number of hydrogen-bond donors (Lipinski definition) is 0. The van der Waals surface area contributed by atoms with Gasteiger partial charge in [0.15, 0.2) is 9.84 Å². The van der Waals surface area contributed by atoms with Crippen LogP contribution in [0.2, 0.25) is 0 Å². The largest absolute Gasteiger partial charge is 0.224 e. The molecule has 1 atom stereocenters. The summed E-state index contributed by atoms with van der Waals surface area (Å²) in [4.78, 5) is 0.508. The van der Waals surface area contributed by atoms with Gasteiger partial charge in [-0.3, -0.25) is 0 Å². The van der Waals surface area contributed by atoms with E-state index in [0.29, 0.717) is 10.8 Å². The van der Waals surface area contributed by atoms with Gasteiger partial charge in [-0.15, -0.1) is 0 Å². The lowest BCUT2D eigenvalue weighted by Gasteiger charge is -2.30. The molecule has 0 saturated heterocycles. The van der Waals surface area contributed by atoms with Gasteiger partial charge < -0.3 is 0 Å². The van der Waals surface area contributed by atoms with Gasteiger partial charge in [-0.2, -0.15) is 0 Å². The van der Waals surface area contributed by atoms with Crippen molar-refractivity contribution in [3.8, 4) is 0 Å². The van der Waals surface area contributed by atoms with Gasteiger partial charge >= 0.3 is 0 Å². The van der Waals surface area contributed by atoms with E-state index in [1.807, 2.05) is 19.1 Å². The van der Waals surface area contributed by atoms with Gasteiger partial charge in [0.25, 0.3) is 0 Å². The lowest BCUT2D eigenvalue weighted by Crippen LogP contribution is -2.22. The van der Waals surface area contributed by atoms with Crippen LogP contribution in [-0.2, 0) is 9.84 Å². The van der Waals surface area contributed by atoms with E-state index in [-0.39, 0.29) is 5.41 Å². The Bertz CT molecular complexity index is 405. The lowest BCUT2D eigenvalue weighted by molar-refractivity contribution is 0.292. The van der Waals surface area contributed by atoms with Gasteiger partial charge in [-0.1, -0.05) is 32.9 Å². The first kappa shape index (κ1) is 12.5. The molecule has 0 N–H and O–H groups in total. The molecule has 86 valence electrons. The van der Waals surface area contributed by atoms with Gasteiger partial charge in [0.05, 0.1) is 4.91 Å².